The van der Waals surface area contributed by atoms with Crippen molar-refractivity contribution >= 4 is 23.0 Å². The standard InChI is InChI=1S/C16H13ClN2O/c1-11-10-19(15-4-2-3-5-16(15)20-11)14-7-6-13(17)8-12(14)9-18/h2-8,11H,10H2,1H3. The van der Waals surface area contributed by atoms with Gasteiger partial charge in [0.1, 0.15) is 17.9 Å². The van der Waals surface area contributed by atoms with E-state index in [-0.39, 0.29) is 6.10 Å². The summed E-state index contributed by atoms with van der Waals surface area (Å²) < 4.78 is 5.83. The summed E-state index contributed by atoms with van der Waals surface area (Å²) in [7, 11) is 0. The average Bonchev–Trinajstić information content (AvgIpc) is 2.46. The maximum absolute atomic E-state index is 9.32. The number of hydrogen-bond donors (Lipinski definition) is 0. The number of ether oxygens (including phenoxy) is 1. The number of nitriles is 1. The SMILES string of the molecule is CC1CN(c2ccc(Cl)cc2C#N)c2ccccc2O1. The molecule has 0 saturated heterocycles. The van der Waals surface area contributed by atoms with Crippen molar-refractivity contribution < 1.29 is 4.74 Å². The van der Waals surface area contributed by atoms with Crippen LogP contribution in [-0.2, 0) is 0 Å². The number of benzene rings is 2. The molecular weight excluding hydrogens is 272 g/mol. The Morgan fingerprint density at radius 1 is 1.25 bits per heavy atom. The molecule has 1 aliphatic heterocycles. The van der Waals surface area contributed by atoms with E-state index >= 15 is 0 Å². The highest BCUT2D eigenvalue weighted by molar-refractivity contribution is 6.30. The van der Waals surface area contributed by atoms with Gasteiger partial charge in [0.2, 0.25) is 0 Å². The van der Waals surface area contributed by atoms with Crippen molar-refractivity contribution in [1.29, 1.82) is 5.26 Å². The zero-order valence-corrected chi connectivity index (χ0v) is 11.8. The smallest absolute Gasteiger partial charge is 0.143 e. The van der Waals surface area contributed by atoms with Crippen LogP contribution in [0.3, 0.4) is 0 Å². The lowest BCUT2D eigenvalue weighted by Gasteiger charge is -2.35. The Bertz CT molecular complexity index is 693. The lowest BCUT2D eigenvalue weighted by molar-refractivity contribution is 0.217. The van der Waals surface area contributed by atoms with Crippen molar-refractivity contribution in [2.24, 2.45) is 0 Å². The minimum Gasteiger partial charge on any atom is -0.487 e. The van der Waals surface area contributed by atoms with Crippen LogP contribution >= 0.6 is 11.6 Å². The Kier molecular flexibility index (Phi) is 3.25. The summed E-state index contributed by atoms with van der Waals surface area (Å²) in [4.78, 5) is 2.11. The van der Waals surface area contributed by atoms with Gasteiger partial charge in [0.25, 0.3) is 0 Å². The zero-order chi connectivity index (χ0) is 14.1. The van der Waals surface area contributed by atoms with Gasteiger partial charge in [-0.3, -0.25) is 0 Å². The number of anilines is 2. The first-order valence-corrected chi connectivity index (χ1v) is 6.79. The Morgan fingerprint density at radius 2 is 2.05 bits per heavy atom. The molecule has 3 nitrogen and oxygen atoms in total. The van der Waals surface area contributed by atoms with Crippen LogP contribution < -0.4 is 9.64 Å². The van der Waals surface area contributed by atoms with Crippen LogP contribution in [0.4, 0.5) is 11.4 Å². The number of hydrogen-bond acceptors (Lipinski definition) is 3. The number of halogens is 1. The molecule has 0 spiro atoms. The Balaban J connectivity index is 2.14. The van der Waals surface area contributed by atoms with Crippen molar-refractivity contribution in [2.75, 3.05) is 11.4 Å². The lowest BCUT2D eigenvalue weighted by atomic mass is 10.1. The molecule has 2 aromatic carbocycles. The average molecular weight is 285 g/mol. The van der Waals surface area contributed by atoms with Gasteiger partial charge in [-0.25, -0.2) is 0 Å². The second kappa shape index (κ2) is 5.07. The molecule has 2 aromatic rings. The van der Waals surface area contributed by atoms with Gasteiger partial charge in [0.15, 0.2) is 0 Å². The molecule has 0 aliphatic carbocycles. The van der Waals surface area contributed by atoms with E-state index in [1.165, 1.54) is 0 Å². The van der Waals surface area contributed by atoms with E-state index in [9.17, 15) is 5.26 Å². The molecule has 0 saturated carbocycles. The fourth-order valence-corrected chi connectivity index (χ4v) is 2.62. The summed E-state index contributed by atoms with van der Waals surface area (Å²) in [6.45, 7) is 2.72. The summed E-state index contributed by atoms with van der Waals surface area (Å²) in [5.41, 5.74) is 2.41. The summed E-state index contributed by atoms with van der Waals surface area (Å²) in [5, 5.41) is 9.89. The van der Waals surface area contributed by atoms with E-state index in [0.29, 0.717) is 17.1 Å². The minimum atomic E-state index is 0.0621. The number of nitrogens with zero attached hydrogens (tertiary/aromatic N) is 2. The molecule has 1 atom stereocenters. The molecule has 3 rings (SSSR count). The highest BCUT2D eigenvalue weighted by atomic mass is 35.5. The van der Waals surface area contributed by atoms with Gasteiger partial charge in [-0.1, -0.05) is 23.7 Å². The fraction of sp³-hybridized carbons (Fsp3) is 0.188. The molecule has 0 radical (unpaired) electrons. The van der Waals surface area contributed by atoms with E-state index in [1.807, 2.05) is 37.3 Å². The molecule has 0 aromatic heterocycles. The molecule has 0 N–H and O–H groups in total. The predicted octanol–water partition coefficient (Wildman–Crippen LogP) is 4.13. The first kappa shape index (κ1) is 12.8. The molecule has 1 aliphatic rings. The third-order valence-corrected chi connectivity index (χ3v) is 3.53. The number of rotatable bonds is 1. The Morgan fingerprint density at radius 3 is 2.85 bits per heavy atom. The van der Waals surface area contributed by atoms with E-state index in [1.54, 1.807) is 12.1 Å². The molecule has 4 heteroatoms. The van der Waals surface area contributed by atoms with Crippen LogP contribution in [0.2, 0.25) is 5.02 Å². The first-order valence-electron chi connectivity index (χ1n) is 6.42. The zero-order valence-electron chi connectivity index (χ0n) is 11.0. The molecule has 0 bridgehead atoms. The van der Waals surface area contributed by atoms with E-state index in [2.05, 4.69) is 11.0 Å². The van der Waals surface area contributed by atoms with Gasteiger partial charge in [-0.15, -0.1) is 0 Å². The van der Waals surface area contributed by atoms with Crippen LogP contribution in [0.25, 0.3) is 0 Å². The van der Waals surface area contributed by atoms with E-state index in [4.69, 9.17) is 16.3 Å². The highest BCUT2D eigenvalue weighted by Gasteiger charge is 2.25. The third-order valence-electron chi connectivity index (χ3n) is 3.29. The highest BCUT2D eigenvalue weighted by Crippen LogP contribution is 2.39. The maximum atomic E-state index is 9.32. The maximum Gasteiger partial charge on any atom is 0.143 e. The van der Waals surface area contributed by atoms with Crippen LogP contribution in [-0.4, -0.2) is 12.6 Å². The van der Waals surface area contributed by atoms with Crippen molar-refractivity contribution in [3.63, 3.8) is 0 Å². The minimum absolute atomic E-state index is 0.0621. The predicted molar refractivity (Wildman–Crippen MR) is 79.7 cm³/mol. The monoisotopic (exact) mass is 284 g/mol. The molecule has 0 amide bonds. The molecule has 100 valence electrons. The van der Waals surface area contributed by atoms with Gasteiger partial charge >= 0.3 is 0 Å². The van der Waals surface area contributed by atoms with Crippen LogP contribution in [0, 0.1) is 11.3 Å². The van der Waals surface area contributed by atoms with Crippen molar-refractivity contribution in [3.8, 4) is 11.8 Å². The fourth-order valence-electron chi connectivity index (χ4n) is 2.45. The summed E-state index contributed by atoms with van der Waals surface area (Å²) in [6, 6.07) is 15.5. The van der Waals surface area contributed by atoms with Gasteiger partial charge < -0.3 is 9.64 Å². The molecule has 0 fully saturated rings. The lowest BCUT2D eigenvalue weighted by Crippen LogP contribution is -2.35. The van der Waals surface area contributed by atoms with E-state index < -0.39 is 0 Å². The Labute approximate surface area is 123 Å². The largest absolute Gasteiger partial charge is 0.487 e. The van der Waals surface area contributed by atoms with Gasteiger partial charge in [0.05, 0.1) is 23.5 Å². The van der Waals surface area contributed by atoms with E-state index in [0.717, 1.165) is 17.1 Å². The van der Waals surface area contributed by atoms with Crippen LogP contribution in [0.1, 0.15) is 12.5 Å². The third kappa shape index (κ3) is 2.19. The summed E-state index contributed by atoms with van der Waals surface area (Å²) >= 11 is 5.97. The van der Waals surface area contributed by atoms with Gasteiger partial charge in [0, 0.05) is 5.02 Å². The quantitative estimate of drug-likeness (QED) is 0.790. The molecular formula is C16H13ClN2O. The summed E-state index contributed by atoms with van der Waals surface area (Å²) in [6.07, 6.45) is 0.0621. The van der Waals surface area contributed by atoms with Crippen molar-refractivity contribution in [3.05, 3.63) is 53.1 Å². The van der Waals surface area contributed by atoms with Crippen molar-refractivity contribution in [1.82, 2.24) is 0 Å². The molecule has 1 unspecified atom stereocenters. The first-order chi connectivity index (χ1) is 9.69. The molecule has 20 heavy (non-hydrogen) atoms. The van der Waals surface area contributed by atoms with Gasteiger partial charge in [-0.2, -0.15) is 5.26 Å². The second-order valence-corrected chi connectivity index (χ2v) is 5.22. The second-order valence-electron chi connectivity index (χ2n) is 4.78. The van der Waals surface area contributed by atoms with Crippen LogP contribution in [0.5, 0.6) is 5.75 Å². The molecule has 1 heterocycles. The number of para-hydroxylation sites is 2. The summed E-state index contributed by atoms with van der Waals surface area (Å²) in [5.74, 6) is 0.838. The number of fused-ring (bicyclic) bond motifs is 1. The Hall–Kier alpha value is -2.18. The normalized spacial score (nSPS) is 17.1. The van der Waals surface area contributed by atoms with Crippen molar-refractivity contribution in [2.45, 2.75) is 13.0 Å². The van der Waals surface area contributed by atoms with Gasteiger partial charge in [-0.05, 0) is 37.3 Å². The van der Waals surface area contributed by atoms with Crippen LogP contribution in [0.15, 0.2) is 42.5 Å². The topological polar surface area (TPSA) is 36.3 Å².